The fraction of sp³-hybridized carbons (Fsp3) is 0.733. The lowest BCUT2D eigenvalue weighted by Crippen LogP contribution is -2.32. The van der Waals surface area contributed by atoms with Crippen molar-refractivity contribution < 1.29 is 0 Å². The van der Waals surface area contributed by atoms with Gasteiger partial charge in [0.25, 0.3) is 0 Å². The van der Waals surface area contributed by atoms with E-state index in [0.717, 1.165) is 37.4 Å². The van der Waals surface area contributed by atoms with Gasteiger partial charge in [-0.15, -0.1) is 0 Å². The molecular formula is C15H25N5. The van der Waals surface area contributed by atoms with Crippen molar-refractivity contribution in [3.05, 3.63) is 11.3 Å². The van der Waals surface area contributed by atoms with Gasteiger partial charge in [-0.25, -0.2) is 4.98 Å². The molecule has 0 saturated carbocycles. The molecule has 3 rings (SSSR count). The Balaban J connectivity index is 1.72. The summed E-state index contributed by atoms with van der Waals surface area (Å²) in [5.41, 5.74) is 8.33. The van der Waals surface area contributed by atoms with Crippen molar-refractivity contribution in [1.29, 1.82) is 0 Å². The Morgan fingerprint density at radius 2 is 1.90 bits per heavy atom. The fourth-order valence-electron chi connectivity index (χ4n) is 3.25. The Labute approximate surface area is 121 Å². The van der Waals surface area contributed by atoms with Crippen LogP contribution in [0.3, 0.4) is 0 Å². The van der Waals surface area contributed by atoms with Crippen molar-refractivity contribution in [3.8, 4) is 0 Å². The Morgan fingerprint density at radius 1 is 1.05 bits per heavy atom. The maximum Gasteiger partial charge on any atom is 0.222 e. The van der Waals surface area contributed by atoms with E-state index in [1.54, 1.807) is 0 Å². The number of nitrogen functional groups attached to an aromatic ring is 1. The molecule has 2 aliphatic rings. The first kappa shape index (κ1) is 13.6. The summed E-state index contributed by atoms with van der Waals surface area (Å²) in [5, 5.41) is 3.40. The lowest BCUT2D eigenvalue weighted by atomic mass is 10.1. The molecule has 0 aliphatic carbocycles. The van der Waals surface area contributed by atoms with Gasteiger partial charge in [-0.3, -0.25) is 0 Å². The quantitative estimate of drug-likeness (QED) is 0.881. The van der Waals surface area contributed by atoms with E-state index in [1.807, 2.05) is 0 Å². The second-order valence-corrected chi connectivity index (χ2v) is 5.89. The number of piperidine rings is 1. The molecule has 0 radical (unpaired) electrons. The number of likely N-dealkylation sites (tertiary alicyclic amines) is 1. The molecule has 2 aliphatic heterocycles. The van der Waals surface area contributed by atoms with Crippen LogP contribution in [-0.2, 0) is 12.8 Å². The summed E-state index contributed by atoms with van der Waals surface area (Å²) >= 11 is 0. The summed E-state index contributed by atoms with van der Waals surface area (Å²) in [6.07, 6.45) is 8.55. The number of nitrogens with two attached hydrogens (primary N) is 1. The minimum absolute atomic E-state index is 0.409. The Hall–Kier alpha value is -1.36. The van der Waals surface area contributed by atoms with Crippen molar-refractivity contribution >= 4 is 11.8 Å². The molecule has 5 heteroatoms. The van der Waals surface area contributed by atoms with Gasteiger partial charge in [0.2, 0.25) is 5.95 Å². The monoisotopic (exact) mass is 275 g/mol. The normalized spacial score (nSPS) is 20.0. The second-order valence-electron chi connectivity index (χ2n) is 5.89. The molecule has 1 saturated heterocycles. The predicted octanol–water partition coefficient (Wildman–Crippen LogP) is 1.84. The molecule has 0 spiro atoms. The van der Waals surface area contributed by atoms with Gasteiger partial charge in [-0.05, 0) is 45.2 Å². The number of hydrogen-bond acceptors (Lipinski definition) is 5. The van der Waals surface area contributed by atoms with Crippen molar-refractivity contribution in [3.63, 3.8) is 0 Å². The second kappa shape index (κ2) is 6.39. The molecule has 1 aromatic heterocycles. The zero-order valence-corrected chi connectivity index (χ0v) is 12.2. The van der Waals surface area contributed by atoms with Gasteiger partial charge in [0, 0.05) is 25.1 Å². The highest BCUT2D eigenvalue weighted by molar-refractivity contribution is 5.50. The minimum atomic E-state index is 0.409. The van der Waals surface area contributed by atoms with Crippen LogP contribution in [0.1, 0.15) is 43.4 Å². The van der Waals surface area contributed by atoms with Gasteiger partial charge >= 0.3 is 0 Å². The van der Waals surface area contributed by atoms with Crippen molar-refractivity contribution in [2.45, 2.75) is 44.9 Å². The van der Waals surface area contributed by atoms with Crippen LogP contribution in [0.2, 0.25) is 0 Å². The third kappa shape index (κ3) is 3.20. The number of aromatic nitrogens is 2. The average molecular weight is 275 g/mol. The number of rotatable bonds is 3. The largest absolute Gasteiger partial charge is 0.370 e. The van der Waals surface area contributed by atoms with Crippen LogP contribution >= 0.6 is 0 Å². The SMILES string of the molecule is Nc1nc(CCN2CCCCC2)c2c(n1)NCCCC2. The van der Waals surface area contributed by atoms with Crippen LogP contribution in [0, 0.1) is 0 Å². The van der Waals surface area contributed by atoms with E-state index in [9.17, 15) is 0 Å². The van der Waals surface area contributed by atoms with Gasteiger partial charge in [0.05, 0.1) is 5.69 Å². The topological polar surface area (TPSA) is 67.1 Å². The van der Waals surface area contributed by atoms with Crippen LogP contribution in [0.15, 0.2) is 0 Å². The molecule has 1 fully saturated rings. The van der Waals surface area contributed by atoms with Gasteiger partial charge in [0.15, 0.2) is 0 Å². The standard InChI is InChI=1S/C15H25N5/c16-15-18-13(7-11-20-9-4-1-5-10-20)12-6-2-3-8-17-14(12)19-15/h1-11H2,(H3,16,17,18,19). The van der Waals surface area contributed by atoms with Gasteiger partial charge in [-0.1, -0.05) is 6.42 Å². The van der Waals surface area contributed by atoms with Crippen LogP contribution in [0.25, 0.3) is 0 Å². The van der Waals surface area contributed by atoms with E-state index in [1.165, 1.54) is 50.8 Å². The van der Waals surface area contributed by atoms with Crippen LogP contribution in [0.4, 0.5) is 11.8 Å². The third-order valence-electron chi connectivity index (χ3n) is 4.37. The molecule has 20 heavy (non-hydrogen) atoms. The summed E-state index contributed by atoms with van der Waals surface area (Å²) in [6, 6.07) is 0. The Kier molecular flexibility index (Phi) is 4.35. The number of nitrogens with one attached hydrogen (secondary N) is 1. The van der Waals surface area contributed by atoms with E-state index >= 15 is 0 Å². The molecule has 0 atom stereocenters. The highest BCUT2D eigenvalue weighted by atomic mass is 15.1. The molecule has 0 unspecified atom stereocenters. The first-order chi connectivity index (χ1) is 9.83. The number of nitrogens with zero attached hydrogens (tertiary/aromatic N) is 3. The minimum Gasteiger partial charge on any atom is -0.370 e. The third-order valence-corrected chi connectivity index (χ3v) is 4.37. The lowest BCUT2D eigenvalue weighted by Gasteiger charge is -2.26. The smallest absolute Gasteiger partial charge is 0.222 e. The molecule has 0 aromatic carbocycles. The molecule has 0 amide bonds. The van der Waals surface area contributed by atoms with E-state index in [-0.39, 0.29) is 0 Å². The Morgan fingerprint density at radius 3 is 2.75 bits per heavy atom. The predicted molar refractivity (Wildman–Crippen MR) is 81.9 cm³/mol. The summed E-state index contributed by atoms with van der Waals surface area (Å²) in [4.78, 5) is 11.4. The first-order valence-corrected chi connectivity index (χ1v) is 7.94. The zero-order valence-electron chi connectivity index (χ0n) is 12.2. The first-order valence-electron chi connectivity index (χ1n) is 7.94. The van der Waals surface area contributed by atoms with Crippen molar-refractivity contribution in [1.82, 2.24) is 14.9 Å². The highest BCUT2D eigenvalue weighted by Crippen LogP contribution is 2.23. The number of fused-ring (bicyclic) bond motifs is 1. The van der Waals surface area contributed by atoms with Crippen LogP contribution < -0.4 is 11.1 Å². The molecule has 0 bridgehead atoms. The van der Waals surface area contributed by atoms with E-state index in [0.29, 0.717) is 5.95 Å². The molecule has 3 N–H and O–H groups in total. The lowest BCUT2D eigenvalue weighted by molar-refractivity contribution is 0.231. The number of hydrogen-bond donors (Lipinski definition) is 2. The van der Waals surface area contributed by atoms with Gasteiger partial charge in [-0.2, -0.15) is 4.98 Å². The molecule has 110 valence electrons. The summed E-state index contributed by atoms with van der Waals surface area (Å²) in [6.45, 7) is 4.57. The average Bonchev–Trinajstić information content (AvgIpc) is 2.71. The molecule has 3 heterocycles. The van der Waals surface area contributed by atoms with E-state index in [2.05, 4.69) is 20.2 Å². The van der Waals surface area contributed by atoms with E-state index in [4.69, 9.17) is 5.73 Å². The highest BCUT2D eigenvalue weighted by Gasteiger charge is 2.17. The molecule has 1 aromatic rings. The fourth-order valence-corrected chi connectivity index (χ4v) is 3.25. The zero-order chi connectivity index (χ0) is 13.8. The van der Waals surface area contributed by atoms with Crippen molar-refractivity contribution in [2.75, 3.05) is 37.2 Å². The molecular weight excluding hydrogens is 250 g/mol. The summed E-state index contributed by atoms with van der Waals surface area (Å²) in [7, 11) is 0. The van der Waals surface area contributed by atoms with Gasteiger partial charge in [0.1, 0.15) is 5.82 Å². The summed E-state index contributed by atoms with van der Waals surface area (Å²) < 4.78 is 0. The maximum absolute atomic E-state index is 5.87. The van der Waals surface area contributed by atoms with Gasteiger partial charge < -0.3 is 16.0 Å². The van der Waals surface area contributed by atoms with E-state index < -0.39 is 0 Å². The van der Waals surface area contributed by atoms with Crippen molar-refractivity contribution in [2.24, 2.45) is 0 Å². The maximum atomic E-state index is 5.87. The van der Waals surface area contributed by atoms with Crippen LogP contribution in [-0.4, -0.2) is 41.0 Å². The Bertz CT molecular complexity index is 454. The summed E-state index contributed by atoms with van der Waals surface area (Å²) in [5.74, 6) is 1.38. The molecule has 5 nitrogen and oxygen atoms in total. The van der Waals surface area contributed by atoms with Crippen LogP contribution in [0.5, 0.6) is 0 Å². The number of anilines is 2.